The second-order valence-electron chi connectivity index (χ2n) is 3.80. The molecular formula is C10H13Cl2NO2S. The summed E-state index contributed by atoms with van der Waals surface area (Å²) in [7, 11) is -2.99. The van der Waals surface area contributed by atoms with Crippen LogP contribution in [0.1, 0.15) is 6.92 Å². The number of rotatable bonds is 4. The van der Waals surface area contributed by atoms with E-state index >= 15 is 0 Å². The van der Waals surface area contributed by atoms with Gasteiger partial charge in [0.25, 0.3) is 0 Å². The average Bonchev–Trinajstić information content (AvgIpc) is 1.96. The Balaban J connectivity index is 2.73. The zero-order valence-corrected chi connectivity index (χ0v) is 11.3. The Morgan fingerprint density at radius 1 is 1.25 bits per heavy atom. The van der Waals surface area contributed by atoms with E-state index in [0.29, 0.717) is 15.7 Å². The van der Waals surface area contributed by atoms with E-state index in [4.69, 9.17) is 23.2 Å². The Morgan fingerprint density at radius 3 is 2.19 bits per heavy atom. The fourth-order valence-corrected chi connectivity index (χ4v) is 2.94. The molecule has 1 unspecified atom stereocenters. The number of anilines is 1. The molecular weight excluding hydrogens is 269 g/mol. The third-order valence-electron chi connectivity index (χ3n) is 1.83. The maximum atomic E-state index is 11.1. The van der Waals surface area contributed by atoms with Gasteiger partial charge in [0.05, 0.1) is 5.75 Å². The minimum atomic E-state index is -2.99. The van der Waals surface area contributed by atoms with Crippen LogP contribution in [0.2, 0.25) is 10.0 Å². The summed E-state index contributed by atoms with van der Waals surface area (Å²) in [6.45, 7) is 1.79. The van der Waals surface area contributed by atoms with Gasteiger partial charge in [-0.1, -0.05) is 23.2 Å². The summed E-state index contributed by atoms with van der Waals surface area (Å²) < 4.78 is 22.1. The van der Waals surface area contributed by atoms with E-state index in [1.807, 2.05) is 0 Å². The summed E-state index contributed by atoms with van der Waals surface area (Å²) in [5, 5.41) is 4.06. The number of hydrogen-bond acceptors (Lipinski definition) is 3. The van der Waals surface area contributed by atoms with E-state index in [9.17, 15) is 8.42 Å². The third-order valence-corrected chi connectivity index (χ3v) is 3.37. The highest BCUT2D eigenvalue weighted by Crippen LogP contribution is 2.22. The highest BCUT2D eigenvalue weighted by atomic mass is 35.5. The van der Waals surface area contributed by atoms with Crippen molar-refractivity contribution in [2.24, 2.45) is 0 Å². The zero-order chi connectivity index (χ0) is 12.3. The first-order valence-electron chi connectivity index (χ1n) is 4.66. The van der Waals surface area contributed by atoms with Crippen LogP contribution < -0.4 is 5.32 Å². The van der Waals surface area contributed by atoms with Gasteiger partial charge < -0.3 is 5.32 Å². The molecule has 90 valence electrons. The monoisotopic (exact) mass is 281 g/mol. The second-order valence-corrected chi connectivity index (χ2v) is 6.85. The number of sulfone groups is 1. The van der Waals surface area contributed by atoms with Gasteiger partial charge in [-0.15, -0.1) is 0 Å². The van der Waals surface area contributed by atoms with Crippen LogP contribution in [-0.2, 0) is 9.84 Å². The van der Waals surface area contributed by atoms with Crippen LogP contribution in [-0.4, -0.2) is 26.5 Å². The van der Waals surface area contributed by atoms with Gasteiger partial charge in [0, 0.05) is 28.0 Å². The number of benzene rings is 1. The molecule has 0 bridgehead atoms. The molecule has 0 spiro atoms. The molecule has 1 aromatic rings. The largest absolute Gasteiger partial charge is 0.381 e. The number of halogens is 2. The molecule has 0 aliphatic rings. The van der Waals surface area contributed by atoms with E-state index in [1.54, 1.807) is 25.1 Å². The lowest BCUT2D eigenvalue weighted by atomic mass is 10.3. The molecule has 0 saturated heterocycles. The molecule has 0 saturated carbocycles. The predicted molar refractivity (Wildman–Crippen MR) is 69.3 cm³/mol. The van der Waals surface area contributed by atoms with E-state index in [1.165, 1.54) is 6.26 Å². The lowest BCUT2D eigenvalue weighted by Gasteiger charge is -2.14. The molecule has 0 radical (unpaired) electrons. The first-order valence-corrected chi connectivity index (χ1v) is 7.48. The van der Waals surface area contributed by atoms with E-state index in [-0.39, 0.29) is 11.8 Å². The maximum absolute atomic E-state index is 11.1. The van der Waals surface area contributed by atoms with Crippen LogP contribution in [0.4, 0.5) is 5.69 Å². The lowest BCUT2D eigenvalue weighted by Crippen LogP contribution is -2.24. The predicted octanol–water partition coefficient (Wildman–Crippen LogP) is 2.84. The molecule has 1 atom stereocenters. The molecule has 0 heterocycles. The minimum absolute atomic E-state index is 0.0666. The van der Waals surface area contributed by atoms with Gasteiger partial charge in [0.2, 0.25) is 0 Å². The summed E-state index contributed by atoms with van der Waals surface area (Å²) in [6, 6.07) is 4.83. The van der Waals surface area contributed by atoms with E-state index in [2.05, 4.69) is 5.32 Å². The van der Waals surface area contributed by atoms with Crippen LogP contribution >= 0.6 is 23.2 Å². The van der Waals surface area contributed by atoms with Crippen LogP contribution in [0.25, 0.3) is 0 Å². The summed E-state index contributed by atoms with van der Waals surface area (Å²) in [5.41, 5.74) is 0.716. The zero-order valence-electron chi connectivity index (χ0n) is 9.00. The van der Waals surface area contributed by atoms with Crippen LogP contribution in [0.15, 0.2) is 18.2 Å². The Morgan fingerprint density at radius 2 is 1.75 bits per heavy atom. The van der Waals surface area contributed by atoms with Crippen molar-refractivity contribution in [2.45, 2.75) is 13.0 Å². The lowest BCUT2D eigenvalue weighted by molar-refractivity contribution is 0.598. The standard InChI is InChI=1S/C10H13Cl2NO2S/c1-7(6-16(2,14)15)13-10-4-8(11)3-9(12)5-10/h3-5,7,13H,6H2,1-2H3. The van der Waals surface area contributed by atoms with Gasteiger partial charge in [-0.05, 0) is 25.1 Å². The van der Waals surface area contributed by atoms with Gasteiger partial charge in [-0.25, -0.2) is 8.42 Å². The molecule has 1 rings (SSSR count). The van der Waals surface area contributed by atoms with Gasteiger partial charge in [-0.2, -0.15) is 0 Å². The topological polar surface area (TPSA) is 46.2 Å². The quantitative estimate of drug-likeness (QED) is 0.923. The van der Waals surface area contributed by atoms with Crippen molar-refractivity contribution in [3.05, 3.63) is 28.2 Å². The maximum Gasteiger partial charge on any atom is 0.149 e. The van der Waals surface area contributed by atoms with Crippen molar-refractivity contribution < 1.29 is 8.42 Å². The molecule has 6 heteroatoms. The Hall–Kier alpha value is -0.450. The smallest absolute Gasteiger partial charge is 0.149 e. The van der Waals surface area contributed by atoms with Crippen molar-refractivity contribution in [2.75, 3.05) is 17.3 Å². The van der Waals surface area contributed by atoms with Crippen LogP contribution in [0.3, 0.4) is 0 Å². The molecule has 0 aliphatic carbocycles. The molecule has 0 aromatic heterocycles. The fourth-order valence-electron chi connectivity index (χ4n) is 1.42. The highest BCUT2D eigenvalue weighted by Gasteiger charge is 2.10. The van der Waals surface area contributed by atoms with Crippen molar-refractivity contribution in [1.82, 2.24) is 0 Å². The molecule has 1 aromatic carbocycles. The van der Waals surface area contributed by atoms with Crippen molar-refractivity contribution in [3.8, 4) is 0 Å². The number of hydrogen-bond donors (Lipinski definition) is 1. The van der Waals surface area contributed by atoms with Crippen molar-refractivity contribution in [1.29, 1.82) is 0 Å². The SMILES string of the molecule is CC(CS(C)(=O)=O)Nc1cc(Cl)cc(Cl)c1. The molecule has 1 N–H and O–H groups in total. The first kappa shape index (κ1) is 13.6. The molecule has 0 aliphatic heterocycles. The van der Waals surface area contributed by atoms with E-state index in [0.717, 1.165) is 0 Å². The van der Waals surface area contributed by atoms with Crippen molar-refractivity contribution in [3.63, 3.8) is 0 Å². The Kier molecular flexibility index (Phi) is 4.47. The minimum Gasteiger partial charge on any atom is -0.381 e. The van der Waals surface area contributed by atoms with Gasteiger partial charge >= 0.3 is 0 Å². The van der Waals surface area contributed by atoms with Gasteiger partial charge in [-0.3, -0.25) is 0 Å². The van der Waals surface area contributed by atoms with Gasteiger partial charge in [0.15, 0.2) is 0 Å². The third kappa shape index (κ3) is 5.05. The highest BCUT2D eigenvalue weighted by molar-refractivity contribution is 7.90. The van der Waals surface area contributed by atoms with Crippen molar-refractivity contribution >= 4 is 38.7 Å². The first-order chi connectivity index (χ1) is 7.26. The molecule has 3 nitrogen and oxygen atoms in total. The van der Waals surface area contributed by atoms with E-state index < -0.39 is 9.84 Å². The Labute approximate surface area is 106 Å². The fraction of sp³-hybridized carbons (Fsp3) is 0.400. The molecule has 0 fully saturated rings. The van der Waals surface area contributed by atoms with Crippen LogP contribution in [0, 0.1) is 0 Å². The Bertz CT molecular complexity index is 453. The summed E-state index contributed by atoms with van der Waals surface area (Å²) in [6.07, 6.45) is 1.20. The van der Waals surface area contributed by atoms with Crippen LogP contribution in [0.5, 0.6) is 0 Å². The molecule has 16 heavy (non-hydrogen) atoms. The van der Waals surface area contributed by atoms with Gasteiger partial charge in [0.1, 0.15) is 9.84 Å². The summed E-state index contributed by atoms with van der Waals surface area (Å²) >= 11 is 11.6. The average molecular weight is 282 g/mol. The normalized spacial score (nSPS) is 13.5. The second kappa shape index (κ2) is 5.25. The number of nitrogens with one attached hydrogen (secondary N) is 1. The molecule has 0 amide bonds. The summed E-state index contributed by atoms with van der Waals surface area (Å²) in [5.74, 6) is 0.0666. The summed E-state index contributed by atoms with van der Waals surface area (Å²) in [4.78, 5) is 0.